The van der Waals surface area contributed by atoms with Crippen LogP contribution in [0.2, 0.25) is 0 Å². The summed E-state index contributed by atoms with van der Waals surface area (Å²) < 4.78 is 1.70. The molecule has 0 amide bonds. The van der Waals surface area contributed by atoms with Gasteiger partial charge < -0.3 is 0 Å². The molecule has 0 N–H and O–H groups in total. The van der Waals surface area contributed by atoms with Crippen LogP contribution in [0.15, 0.2) is 42.6 Å². The first-order valence-corrected chi connectivity index (χ1v) is 5.72. The molecule has 6 heteroatoms. The fourth-order valence-electron chi connectivity index (χ4n) is 1.89. The molecule has 0 saturated heterocycles. The van der Waals surface area contributed by atoms with E-state index in [2.05, 4.69) is 10.1 Å². The number of aryl methyl sites for hydroxylation is 1. The molecule has 1 aromatic carbocycles. The van der Waals surface area contributed by atoms with Crippen LogP contribution in [0.5, 0.6) is 0 Å². The third-order valence-corrected chi connectivity index (χ3v) is 2.89. The molecule has 0 aliphatic rings. The Hall–Kier alpha value is -2.76. The molecule has 0 radical (unpaired) electrons. The van der Waals surface area contributed by atoms with Gasteiger partial charge in [0.2, 0.25) is 0 Å². The summed E-state index contributed by atoms with van der Waals surface area (Å²) in [5.74, 6) is 0.559. The molecule has 0 unspecified atom stereocenters. The summed E-state index contributed by atoms with van der Waals surface area (Å²) in [6.07, 6.45) is 1.82. The van der Waals surface area contributed by atoms with Crippen molar-refractivity contribution >= 4 is 11.3 Å². The van der Waals surface area contributed by atoms with E-state index in [1.54, 1.807) is 16.6 Å². The lowest BCUT2D eigenvalue weighted by Crippen LogP contribution is -1.88. The Morgan fingerprint density at radius 3 is 2.58 bits per heavy atom. The number of rotatable bonds is 2. The second-order valence-electron chi connectivity index (χ2n) is 4.20. The summed E-state index contributed by atoms with van der Waals surface area (Å²) in [5, 5.41) is 15.0. The van der Waals surface area contributed by atoms with Crippen molar-refractivity contribution in [1.29, 1.82) is 0 Å². The number of benzene rings is 1. The van der Waals surface area contributed by atoms with Crippen LogP contribution >= 0.6 is 0 Å². The van der Waals surface area contributed by atoms with Crippen molar-refractivity contribution in [1.82, 2.24) is 14.6 Å². The second kappa shape index (κ2) is 4.16. The summed E-state index contributed by atoms with van der Waals surface area (Å²) in [7, 11) is 0. The molecule has 0 saturated carbocycles. The van der Waals surface area contributed by atoms with Crippen LogP contribution in [0, 0.1) is 17.0 Å². The highest BCUT2D eigenvalue weighted by atomic mass is 16.6. The monoisotopic (exact) mass is 254 g/mol. The van der Waals surface area contributed by atoms with Crippen molar-refractivity contribution < 1.29 is 4.92 Å². The van der Waals surface area contributed by atoms with Gasteiger partial charge in [0.05, 0.1) is 4.92 Å². The lowest BCUT2D eigenvalue weighted by Gasteiger charge is -1.94. The van der Waals surface area contributed by atoms with E-state index in [0.29, 0.717) is 5.82 Å². The fraction of sp³-hybridized carbons (Fsp3) is 0.0769. The van der Waals surface area contributed by atoms with Crippen molar-refractivity contribution in [2.45, 2.75) is 6.92 Å². The van der Waals surface area contributed by atoms with Gasteiger partial charge in [-0.1, -0.05) is 6.07 Å². The van der Waals surface area contributed by atoms with Crippen LogP contribution in [-0.2, 0) is 0 Å². The van der Waals surface area contributed by atoms with E-state index < -0.39 is 4.92 Å². The highest BCUT2D eigenvalue weighted by Crippen LogP contribution is 2.20. The first-order chi connectivity index (χ1) is 9.15. The Bertz CT molecular complexity index is 762. The van der Waals surface area contributed by atoms with Gasteiger partial charge in [0.15, 0.2) is 11.5 Å². The Balaban J connectivity index is 2.09. The lowest BCUT2D eigenvalue weighted by molar-refractivity contribution is -0.384. The van der Waals surface area contributed by atoms with Crippen molar-refractivity contribution in [2.24, 2.45) is 0 Å². The maximum atomic E-state index is 10.6. The van der Waals surface area contributed by atoms with Gasteiger partial charge in [0, 0.05) is 23.9 Å². The van der Waals surface area contributed by atoms with E-state index in [1.807, 2.05) is 25.3 Å². The van der Waals surface area contributed by atoms with Gasteiger partial charge in [-0.3, -0.25) is 10.1 Å². The van der Waals surface area contributed by atoms with Crippen LogP contribution in [-0.4, -0.2) is 19.5 Å². The van der Waals surface area contributed by atoms with Crippen molar-refractivity contribution in [3.8, 4) is 11.4 Å². The number of non-ortho nitro benzene ring substituents is 1. The molecular weight excluding hydrogens is 244 g/mol. The first kappa shape index (κ1) is 11.3. The highest BCUT2D eigenvalue weighted by Gasteiger charge is 2.10. The van der Waals surface area contributed by atoms with Crippen LogP contribution < -0.4 is 0 Å². The zero-order chi connectivity index (χ0) is 13.4. The number of nitro groups is 1. The summed E-state index contributed by atoms with van der Waals surface area (Å²) in [6, 6.07) is 10.1. The average molecular weight is 254 g/mol. The number of aromatic nitrogens is 3. The summed E-state index contributed by atoms with van der Waals surface area (Å²) in [6.45, 7) is 1.96. The number of nitrogens with zero attached hydrogens (tertiary/aromatic N) is 4. The minimum Gasteiger partial charge on any atom is -0.258 e. The van der Waals surface area contributed by atoms with Gasteiger partial charge in [-0.2, -0.15) is 0 Å². The minimum absolute atomic E-state index is 0.0590. The largest absolute Gasteiger partial charge is 0.269 e. The summed E-state index contributed by atoms with van der Waals surface area (Å²) in [4.78, 5) is 14.6. The molecule has 3 aromatic rings. The van der Waals surface area contributed by atoms with Crippen LogP contribution in [0.3, 0.4) is 0 Å². The molecule has 0 atom stereocenters. The third-order valence-electron chi connectivity index (χ3n) is 2.89. The highest BCUT2D eigenvalue weighted by molar-refractivity contribution is 5.61. The van der Waals surface area contributed by atoms with Gasteiger partial charge in [-0.15, -0.1) is 5.10 Å². The van der Waals surface area contributed by atoms with Gasteiger partial charge in [0.25, 0.3) is 5.69 Å². The normalized spacial score (nSPS) is 10.8. The zero-order valence-corrected chi connectivity index (χ0v) is 10.1. The van der Waals surface area contributed by atoms with Crippen LogP contribution in [0.25, 0.3) is 17.0 Å². The van der Waals surface area contributed by atoms with Crippen molar-refractivity contribution in [2.75, 3.05) is 0 Å². The number of hydrogen-bond donors (Lipinski definition) is 0. The first-order valence-electron chi connectivity index (χ1n) is 5.72. The maximum Gasteiger partial charge on any atom is 0.269 e. The predicted octanol–water partition coefficient (Wildman–Crippen LogP) is 2.61. The molecule has 6 nitrogen and oxygen atoms in total. The fourth-order valence-corrected chi connectivity index (χ4v) is 1.89. The quantitative estimate of drug-likeness (QED) is 0.520. The number of nitro benzene ring substituents is 1. The van der Waals surface area contributed by atoms with Gasteiger partial charge in [0.1, 0.15) is 0 Å². The molecule has 2 aromatic heterocycles. The number of fused-ring (bicyclic) bond motifs is 1. The molecule has 0 spiro atoms. The van der Waals surface area contributed by atoms with Crippen molar-refractivity contribution in [3.05, 3.63) is 58.3 Å². The molecule has 19 heavy (non-hydrogen) atoms. The molecule has 0 aliphatic carbocycles. The number of pyridine rings is 1. The second-order valence-corrected chi connectivity index (χ2v) is 4.20. The standard InChI is InChI=1S/C13H10N4O2/c1-9-3-2-8-16-13(9)14-12(15-16)10-4-6-11(7-5-10)17(18)19/h2-8H,1H3. The van der Waals surface area contributed by atoms with E-state index in [1.165, 1.54) is 12.1 Å². The number of hydrogen-bond acceptors (Lipinski definition) is 4. The van der Waals surface area contributed by atoms with E-state index in [0.717, 1.165) is 16.8 Å². The van der Waals surface area contributed by atoms with E-state index in [4.69, 9.17) is 0 Å². The molecule has 94 valence electrons. The van der Waals surface area contributed by atoms with Crippen molar-refractivity contribution in [3.63, 3.8) is 0 Å². The molecule has 0 fully saturated rings. The molecule has 0 bridgehead atoms. The predicted molar refractivity (Wildman–Crippen MR) is 69.8 cm³/mol. The van der Waals surface area contributed by atoms with E-state index >= 15 is 0 Å². The Morgan fingerprint density at radius 1 is 1.21 bits per heavy atom. The Labute approximate surface area is 108 Å². The third kappa shape index (κ3) is 1.93. The summed E-state index contributed by atoms with van der Waals surface area (Å²) in [5.41, 5.74) is 2.64. The smallest absolute Gasteiger partial charge is 0.258 e. The molecule has 0 aliphatic heterocycles. The van der Waals surface area contributed by atoms with Gasteiger partial charge in [-0.05, 0) is 30.7 Å². The Morgan fingerprint density at radius 2 is 1.95 bits per heavy atom. The molecular formula is C13H10N4O2. The van der Waals surface area contributed by atoms with Gasteiger partial charge >= 0.3 is 0 Å². The SMILES string of the molecule is Cc1cccn2nc(-c3ccc([N+](=O)[O-])cc3)nc12. The summed E-state index contributed by atoms with van der Waals surface area (Å²) >= 11 is 0. The molecule has 2 heterocycles. The molecule has 3 rings (SSSR count). The van der Waals surface area contributed by atoms with E-state index in [-0.39, 0.29) is 5.69 Å². The minimum atomic E-state index is -0.426. The lowest BCUT2D eigenvalue weighted by atomic mass is 10.2. The van der Waals surface area contributed by atoms with Crippen LogP contribution in [0.4, 0.5) is 5.69 Å². The topological polar surface area (TPSA) is 73.3 Å². The maximum absolute atomic E-state index is 10.6. The van der Waals surface area contributed by atoms with Gasteiger partial charge in [-0.25, -0.2) is 9.50 Å². The van der Waals surface area contributed by atoms with E-state index in [9.17, 15) is 10.1 Å². The average Bonchev–Trinajstić information content (AvgIpc) is 2.84. The Kier molecular flexibility index (Phi) is 2.49. The zero-order valence-electron chi connectivity index (χ0n) is 10.1. The van der Waals surface area contributed by atoms with Crippen LogP contribution in [0.1, 0.15) is 5.56 Å².